The molecule has 35 heavy (non-hydrogen) atoms. The van der Waals surface area contributed by atoms with E-state index >= 15 is 0 Å². The lowest BCUT2D eigenvalue weighted by Crippen LogP contribution is -2.33. The largest absolute Gasteiger partial charge is 0.493 e. The van der Waals surface area contributed by atoms with Crippen molar-refractivity contribution in [2.75, 3.05) is 6.61 Å². The third kappa shape index (κ3) is 3.92. The maximum Gasteiger partial charge on any atom is 0.253 e. The van der Waals surface area contributed by atoms with Crippen molar-refractivity contribution in [2.45, 2.75) is 39.2 Å². The molecule has 0 spiro atoms. The van der Waals surface area contributed by atoms with Gasteiger partial charge in [-0.15, -0.1) is 0 Å². The number of hydrogen-bond donors (Lipinski definition) is 1. The second-order valence-corrected chi connectivity index (χ2v) is 9.05. The van der Waals surface area contributed by atoms with Crippen molar-refractivity contribution in [3.8, 4) is 17.0 Å². The van der Waals surface area contributed by atoms with Gasteiger partial charge in [0.25, 0.3) is 5.91 Å². The van der Waals surface area contributed by atoms with Crippen LogP contribution in [0.4, 0.5) is 13.2 Å². The fourth-order valence-electron chi connectivity index (χ4n) is 4.83. The molecule has 0 aliphatic carbocycles. The number of ether oxygens (including phenoxy) is 1. The number of aryl methyl sites for hydroxylation is 1. The molecule has 0 saturated heterocycles. The van der Waals surface area contributed by atoms with Crippen molar-refractivity contribution >= 4 is 11.4 Å². The highest BCUT2D eigenvalue weighted by Crippen LogP contribution is 2.35. The van der Waals surface area contributed by atoms with Crippen LogP contribution in [0, 0.1) is 24.4 Å². The Kier molecular flexibility index (Phi) is 5.75. The minimum Gasteiger partial charge on any atom is -0.493 e. The maximum absolute atomic E-state index is 14.6. The van der Waals surface area contributed by atoms with Gasteiger partial charge in [-0.3, -0.25) is 4.79 Å². The summed E-state index contributed by atoms with van der Waals surface area (Å²) in [5.41, 5.74) is 3.20. The van der Waals surface area contributed by atoms with Crippen LogP contribution in [-0.4, -0.2) is 22.1 Å². The predicted octanol–water partition coefficient (Wildman–Crippen LogP) is 6.10. The Morgan fingerprint density at radius 2 is 1.94 bits per heavy atom. The maximum atomic E-state index is 14.6. The Morgan fingerprint density at radius 3 is 2.71 bits per heavy atom. The van der Waals surface area contributed by atoms with Gasteiger partial charge in [0.05, 0.1) is 35.6 Å². The lowest BCUT2D eigenvalue weighted by molar-refractivity contribution is 0.0923. The van der Waals surface area contributed by atoms with Crippen LogP contribution in [0.15, 0.2) is 48.7 Å². The molecule has 0 fully saturated rings. The SMILES string of the molecule is Cc1cc2c(C(C)C)c(C(=O)NC3CCOc4ccccc43)cnn2c1-c1cc(F)cc(F)c1F. The van der Waals surface area contributed by atoms with Gasteiger partial charge in [0.2, 0.25) is 0 Å². The number of benzene rings is 2. The molecule has 1 amide bonds. The molecule has 0 radical (unpaired) electrons. The van der Waals surface area contributed by atoms with Gasteiger partial charge < -0.3 is 10.1 Å². The van der Waals surface area contributed by atoms with E-state index in [0.717, 1.165) is 17.4 Å². The number of carbonyl (C=O) groups is 1. The minimum atomic E-state index is -1.27. The molecule has 4 aromatic rings. The fourth-order valence-corrected chi connectivity index (χ4v) is 4.83. The van der Waals surface area contributed by atoms with Gasteiger partial charge in [-0.05, 0) is 42.2 Å². The Balaban J connectivity index is 1.60. The standard InChI is InChI=1S/C27H24F3N3O2/c1-14(2)24-19(27(34)32-21-8-9-35-23-7-5-4-6-17(21)23)13-31-33-22(24)10-15(3)26(33)18-11-16(28)12-20(29)25(18)30/h4-7,10-14,21H,8-9H2,1-3H3,(H,32,34). The van der Waals surface area contributed by atoms with Gasteiger partial charge in [0, 0.05) is 23.6 Å². The van der Waals surface area contributed by atoms with E-state index in [2.05, 4.69) is 10.4 Å². The fraction of sp³-hybridized carbons (Fsp3) is 0.259. The van der Waals surface area contributed by atoms with E-state index in [4.69, 9.17) is 4.74 Å². The van der Waals surface area contributed by atoms with Crippen molar-refractivity contribution < 1.29 is 22.7 Å². The lowest BCUT2D eigenvalue weighted by Gasteiger charge is -2.27. The highest BCUT2D eigenvalue weighted by atomic mass is 19.2. The Hall–Kier alpha value is -3.81. The lowest BCUT2D eigenvalue weighted by atomic mass is 9.96. The van der Waals surface area contributed by atoms with Crippen LogP contribution >= 0.6 is 0 Å². The summed E-state index contributed by atoms with van der Waals surface area (Å²) in [4.78, 5) is 13.4. The van der Waals surface area contributed by atoms with Gasteiger partial charge in [0.15, 0.2) is 11.6 Å². The number of nitrogens with zero attached hydrogens (tertiary/aromatic N) is 2. The quantitative estimate of drug-likeness (QED) is 0.360. The van der Waals surface area contributed by atoms with Gasteiger partial charge in [-0.1, -0.05) is 32.0 Å². The molecule has 0 bridgehead atoms. The smallest absolute Gasteiger partial charge is 0.253 e. The van der Waals surface area contributed by atoms with Crippen molar-refractivity contribution in [1.82, 2.24) is 14.9 Å². The normalized spacial score (nSPS) is 15.2. The molecule has 0 saturated carbocycles. The second kappa shape index (κ2) is 8.76. The summed E-state index contributed by atoms with van der Waals surface area (Å²) in [6.07, 6.45) is 2.06. The Morgan fingerprint density at radius 1 is 1.17 bits per heavy atom. The first-order valence-electron chi connectivity index (χ1n) is 11.4. The molecule has 3 heterocycles. The molecule has 2 aromatic heterocycles. The molecule has 2 aromatic carbocycles. The number of para-hydroxylation sites is 1. The van der Waals surface area contributed by atoms with Gasteiger partial charge in [0.1, 0.15) is 11.6 Å². The monoisotopic (exact) mass is 479 g/mol. The molecule has 1 atom stereocenters. The summed E-state index contributed by atoms with van der Waals surface area (Å²) in [5, 5.41) is 7.50. The van der Waals surface area contributed by atoms with Crippen molar-refractivity contribution in [2.24, 2.45) is 0 Å². The number of carbonyl (C=O) groups excluding carboxylic acids is 1. The average Bonchev–Trinajstić information content (AvgIpc) is 3.16. The first kappa shape index (κ1) is 23.0. The second-order valence-electron chi connectivity index (χ2n) is 9.05. The van der Waals surface area contributed by atoms with E-state index in [1.165, 1.54) is 10.7 Å². The van der Waals surface area contributed by atoms with Crippen LogP contribution in [0.2, 0.25) is 0 Å². The van der Waals surface area contributed by atoms with Crippen molar-refractivity contribution in [3.63, 3.8) is 0 Å². The van der Waals surface area contributed by atoms with E-state index in [9.17, 15) is 18.0 Å². The summed E-state index contributed by atoms with van der Waals surface area (Å²) in [5.74, 6) is -2.93. The van der Waals surface area contributed by atoms with Gasteiger partial charge >= 0.3 is 0 Å². The predicted molar refractivity (Wildman–Crippen MR) is 126 cm³/mol. The van der Waals surface area contributed by atoms with Crippen LogP contribution in [0.3, 0.4) is 0 Å². The minimum absolute atomic E-state index is 0.0838. The number of amides is 1. The molecular weight excluding hydrogens is 455 g/mol. The van der Waals surface area contributed by atoms with E-state index in [1.807, 2.05) is 38.1 Å². The van der Waals surface area contributed by atoms with E-state index < -0.39 is 17.5 Å². The third-order valence-electron chi connectivity index (χ3n) is 6.37. The molecule has 5 nitrogen and oxygen atoms in total. The summed E-state index contributed by atoms with van der Waals surface area (Å²) in [6.45, 7) is 6.10. The number of halogens is 3. The number of hydrogen-bond acceptors (Lipinski definition) is 3. The molecule has 1 N–H and O–H groups in total. The summed E-state index contributed by atoms with van der Waals surface area (Å²) in [6, 6.07) is 10.6. The topological polar surface area (TPSA) is 55.6 Å². The number of fused-ring (bicyclic) bond motifs is 2. The van der Waals surface area contributed by atoms with E-state index in [0.29, 0.717) is 41.3 Å². The van der Waals surface area contributed by atoms with Crippen molar-refractivity contribution in [1.29, 1.82) is 0 Å². The summed E-state index contributed by atoms with van der Waals surface area (Å²) < 4.78 is 49.7. The van der Waals surface area contributed by atoms with Crippen LogP contribution in [0.5, 0.6) is 5.75 Å². The number of rotatable bonds is 4. The zero-order chi connectivity index (χ0) is 24.9. The van der Waals surface area contributed by atoms with Crippen LogP contribution < -0.4 is 10.1 Å². The zero-order valence-electron chi connectivity index (χ0n) is 19.5. The summed E-state index contributed by atoms with van der Waals surface area (Å²) in [7, 11) is 0. The van der Waals surface area contributed by atoms with E-state index in [-0.39, 0.29) is 29.1 Å². The van der Waals surface area contributed by atoms with Crippen LogP contribution in [0.1, 0.15) is 59.3 Å². The number of aromatic nitrogens is 2. The van der Waals surface area contributed by atoms with Gasteiger partial charge in [-0.25, -0.2) is 17.7 Å². The molecule has 180 valence electrons. The molecule has 1 aliphatic heterocycles. The highest BCUT2D eigenvalue weighted by Gasteiger charge is 2.27. The number of nitrogens with one attached hydrogen (secondary N) is 1. The molecular formula is C27H24F3N3O2. The van der Waals surface area contributed by atoms with E-state index in [1.54, 1.807) is 13.0 Å². The Bertz CT molecular complexity index is 1460. The Labute approximate surface area is 200 Å². The molecule has 1 aliphatic rings. The molecule has 5 rings (SSSR count). The van der Waals surface area contributed by atoms with Crippen molar-refractivity contribution in [3.05, 3.63) is 88.4 Å². The van der Waals surface area contributed by atoms with Crippen LogP contribution in [-0.2, 0) is 0 Å². The van der Waals surface area contributed by atoms with Gasteiger partial charge in [-0.2, -0.15) is 5.10 Å². The summed E-state index contributed by atoms with van der Waals surface area (Å²) >= 11 is 0. The first-order valence-corrected chi connectivity index (χ1v) is 11.4. The molecule has 1 unspecified atom stereocenters. The van der Waals surface area contributed by atoms with Crippen LogP contribution in [0.25, 0.3) is 16.8 Å². The highest BCUT2D eigenvalue weighted by molar-refractivity contribution is 5.98. The molecule has 8 heteroatoms. The third-order valence-corrected chi connectivity index (χ3v) is 6.37. The zero-order valence-corrected chi connectivity index (χ0v) is 19.5. The average molecular weight is 480 g/mol. The first-order chi connectivity index (χ1) is 16.8.